The van der Waals surface area contributed by atoms with Crippen molar-refractivity contribution in [2.45, 2.75) is 19.8 Å². The number of carboxylic acids is 1. The lowest BCUT2D eigenvalue weighted by Crippen LogP contribution is -1.96. The van der Waals surface area contributed by atoms with Crippen LogP contribution in [0, 0.1) is 6.92 Å². The first-order valence-electron chi connectivity index (χ1n) is 5.63. The van der Waals surface area contributed by atoms with E-state index in [2.05, 4.69) is 0 Å². The largest absolute Gasteiger partial charge is 0.481 e. The van der Waals surface area contributed by atoms with Crippen molar-refractivity contribution in [1.82, 2.24) is 0 Å². The van der Waals surface area contributed by atoms with Crippen molar-refractivity contribution in [2.24, 2.45) is 0 Å². The first-order chi connectivity index (χ1) is 8.56. The van der Waals surface area contributed by atoms with Gasteiger partial charge < -0.3 is 9.52 Å². The minimum Gasteiger partial charge on any atom is -0.481 e. The van der Waals surface area contributed by atoms with Gasteiger partial charge in [-0.2, -0.15) is 0 Å². The van der Waals surface area contributed by atoms with E-state index in [9.17, 15) is 4.79 Å². The Bertz CT molecular complexity index is 572. The predicted octanol–water partition coefficient (Wildman–Crippen LogP) is 3.93. The van der Waals surface area contributed by atoms with Crippen LogP contribution in [0.5, 0.6) is 0 Å². The average molecular weight is 265 g/mol. The highest BCUT2D eigenvalue weighted by Gasteiger charge is 2.09. The standard InChI is InChI=1S/C14H13ClO3/c1-9-8-10(15)2-5-12(9)13-6-3-11(18-13)4-7-14(16)17/h2-3,5-6,8H,4,7H2,1H3,(H,16,17). The Morgan fingerprint density at radius 1 is 1.33 bits per heavy atom. The number of furan rings is 1. The van der Waals surface area contributed by atoms with Crippen molar-refractivity contribution in [1.29, 1.82) is 0 Å². The highest BCUT2D eigenvalue weighted by Crippen LogP contribution is 2.27. The minimum atomic E-state index is -0.823. The summed E-state index contributed by atoms with van der Waals surface area (Å²) < 4.78 is 5.63. The van der Waals surface area contributed by atoms with Gasteiger partial charge in [0.1, 0.15) is 11.5 Å². The molecule has 0 saturated heterocycles. The fourth-order valence-corrected chi connectivity index (χ4v) is 2.02. The average Bonchev–Trinajstić information content (AvgIpc) is 2.75. The van der Waals surface area contributed by atoms with Gasteiger partial charge in [0.25, 0.3) is 0 Å². The molecule has 0 aliphatic rings. The van der Waals surface area contributed by atoms with E-state index >= 15 is 0 Å². The van der Waals surface area contributed by atoms with Crippen LogP contribution in [0.2, 0.25) is 5.02 Å². The van der Waals surface area contributed by atoms with Crippen LogP contribution >= 0.6 is 11.6 Å². The van der Waals surface area contributed by atoms with Gasteiger partial charge in [0.2, 0.25) is 0 Å². The number of aryl methyl sites for hydroxylation is 2. The second kappa shape index (κ2) is 5.27. The Kier molecular flexibility index (Phi) is 3.72. The fraction of sp³-hybridized carbons (Fsp3) is 0.214. The van der Waals surface area contributed by atoms with Gasteiger partial charge in [-0.15, -0.1) is 0 Å². The van der Waals surface area contributed by atoms with Crippen molar-refractivity contribution < 1.29 is 14.3 Å². The molecule has 1 aromatic heterocycles. The SMILES string of the molecule is Cc1cc(Cl)ccc1-c1ccc(CCC(=O)O)o1. The molecule has 0 radical (unpaired) electrons. The van der Waals surface area contributed by atoms with Gasteiger partial charge in [0.15, 0.2) is 0 Å². The van der Waals surface area contributed by atoms with Gasteiger partial charge in [0, 0.05) is 17.0 Å². The second-order valence-electron chi connectivity index (χ2n) is 4.12. The Hall–Kier alpha value is -1.74. The Morgan fingerprint density at radius 3 is 2.78 bits per heavy atom. The maximum atomic E-state index is 10.5. The number of halogens is 1. The third-order valence-electron chi connectivity index (χ3n) is 2.70. The van der Waals surface area contributed by atoms with Crippen LogP contribution in [0.25, 0.3) is 11.3 Å². The van der Waals surface area contributed by atoms with E-state index in [1.165, 1.54) is 0 Å². The molecule has 0 aliphatic carbocycles. The van der Waals surface area contributed by atoms with Crippen LogP contribution in [-0.2, 0) is 11.2 Å². The summed E-state index contributed by atoms with van der Waals surface area (Å²) in [6.45, 7) is 1.96. The molecule has 3 nitrogen and oxygen atoms in total. The van der Waals surface area contributed by atoms with Gasteiger partial charge >= 0.3 is 5.97 Å². The summed E-state index contributed by atoms with van der Waals surface area (Å²) in [5, 5.41) is 9.31. The maximum absolute atomic E-state index is 10.5. The first-order valence-corrected chi connectivity index (χ1v) is 6.01. The molecule has 0 fully saturated rings. The van der Waals surface area contributed by atoms with E-state index in [1.54, 1.807) is 0 Å². The Morgan fingerprint density at radius 2 is 2.11 bits per heavy atom. The van der Waals surface area contributed by atoms with E-state index in [0.717, 1.165) is 16.9 Å². The number of benzene rings is 1. The number of hydrogen-bond acceptors (Lipinski definition) is 2. The van der Waals surface area contributed by atoms with Gasteiger partial charge in [-0.1, -0.05) is 11.6 Å². The molecule has 0 spiro atoms. The summed E-state index contributed by atoms with van der Waals surface area (Å²) >= 11 is 5.90. The van der Waals surface area contributed by atoms with Gasteiger partial charge in [-0.25, -0.2) is 0 Å². The zero-order valence-corrected chi connectivity index (χ0v) is 10.7. The molecule has 18 heavy (non-hydrogen) atoms. The molecule has 2 aromatic rings. The van der Waals surface area contributed by atoms with Crippen LogP contribution < -0.4 is 0 Å². The van der Waals surface area contributed by atoms with Crippen LogP contribution in [-0.4, -0.2) is 11.1 Å². The lowest BCUT2D eigenvalue weighted by molar-refractivity contribution is -0.137. The summed E-state index contributed by atoms with van der Waals surface area (Å²) in [6.07, 6.45) is 0.481. The quantitative estimate of drug-likeness (QED) is 0.910. The molecule has 1 aromatic carbocycles. The molecular weight excluding hydrogens is 252 g/mol. The third-order valence-corrected chi connectivity index (χ3v) is 2.94. The van der Waals surface area contributed by atoms with Crippen LogP contribution in [0.3, 0.4) is 0 Å². The highest BCUT2D eigenvalue weighted by molar-refractivity contribution is 6.30. The van der Waals surface area contributed by atoms with E-state index in [4.69, 9.17) is 21.1 Å². The molecule has 0 saturated carbocycles. The second-order valence-corrected chi connectivity index (χ2v) is 4.56. The molecule has 4 heteroatoms. The third kappa shape index (κ3) is 2.93. The molecule has 1 N–H and O–H groups in total. The smallest absolute Gasteiger partial charge is 0.303 e. The Labute approximate surface area is 110 Å². The van der Waals surface area contributed by atoms with Crippen molar-refractivity contribution in [2.75, 3.05) is 0 Å². The van der Waals surface area contributed by atoms with E-state index < -0.39 is 5.97 Å². The zero-order chi connectivity index (χ0) is 13.1. The molecule has 0 aliphatic heterocycles. The number of rotatable bonds is 4. The topological polar surface area (TPSA) is 50.4 Å². The molecular formula is C14H13ClO3. The van der Waals surface area contributed by atoms with Crippen LogP contribution in [0.4, 0.5) is 0 Å². The highest BCUT2D eigenvalue weighted by atomic mass is 35.5. The summed E-state index contributed by atoms with van der Waals surface area (Å²) in [6, 6.07) is 9.25. The maximum Gasteiger partial charge on any atom is 0.303 e. The lowest BCUT2D eigenvalue weighted by Gasteiger charge is -2.02. The zero-order valence-electron chi connectivity index (χ0n) is 9.94. The predicted molar refractivity (Wildman–Crippen MR) is 69.8 cm³/mol. The number of aliphatic carboxylic acids is 1. The molecule has 0 unspecified atom stereocenters. The molecule has 0 atom stereocenters. The van der Waals surface area contributed by atoms with Crippen molar-refractivity contribution >= 4 is 17.6 Å². The van der Waals surface area contributed by atoms with E-state index in [0.29, 0.717) is 17.2 Å². The van der Waals surface area contributed by atoms with E-state index in [-0.39, 0.29) is 6.42 Å². The van der Waals surface area contributed by atoms with Crippen molar-refractivity contribution in [3.63, 3.8) is 0 Å². The Balaban J connectivity index is 2.21. The van der Waals surface area contributed by atoms with Crippen molar-refractivity contribution in [3.8, 4) is 11.3 Å². The molecule has 0 amide bonds. The first kappa shape index (κ1) is 12.7. The minimum absolute atomic E-state index is 0.0759. The molecule has 1 heterocycles. The molecule has 0 bridgehead atoms. The van der Waals surface area contributed by atoms with E-state index in [1.807, 2.05) is 37.3 Å². The summed E-state index contributed by atoms with van der Waals surface area (Å²) in [7, 11) is 0. The number of carboxylic acid groups (broad SMARTS) is 1. The fourth-order valence-electron chi connectivity index (χ4n) is 1.79. The van der Waals surface area contributed by atoms with Gasteiger partial charge in [-0.3, -0.25) is 4.79 Å². The van der Waals surface area contributed by atoms with Gasteiger partial charge in [0.05, 0.1) is 6.42 Å². The van der Waals surface area contributed by atoms with Crippen LogP contribution in [0.1, 0.15) is 17.7 Å². The summed E-state index contributed by atoms with van der Waals surface area (Å²) in [5.41, 5.74) is 2.00. The normalized spacial score (nSPS) is 10.6. The number of carbonyl (C=O) groups is 1. The summed E-state index contributed by atoms with van der Waals surface area (Å²) in [4.78, 5) is 10.5. The molecule has 2 rings (SSSR count). The monoisotopic (exact) mass is 264 g/mol. The van der Waals surface area contributed by atoms with Crippen LogP contribution in [0.15, 0.2) is 34.7 Å². The molecule has 94 valence electrons. The van der Waals surface area contributed by atoms with Gasteiger partial charge in [-0.05, 0) is 42.8 Å². The summed E-state index contributed by atoms with van der Waals surface area (Å²) in [5.74, 6) is 0.599. The van der Waals surface area contributed by atoms with Crippen molar-refractivity contribution in [3.05, 3.63) is 46.7 Å². The number of hydrogen-bond donors (Lipinski definition) is 1. The lowest BCUT2D eigenvalue weighted by atomic mass is 10.1.